The van der Waals surface area contributed by atoms with E-state index in [2.05, 4.69) is 30.0 Å². The van der Waals surface area contributed by atoms with Gasteiger partial charge in [0.25, 0.3) is 11.8 Å². The van der Waals surface area contributed by atoms with E-state index in [-0.39, 0.29) is 0 Å². The van der Waals surface area contributed by atoms with Crippen molar-refractivity contribution >= 4 is 34.9 Å². The van der Waals surface area contributed by atoms with Crippen molar-refractivity contribution in [2.24, 2.45) is 0 Å². The topological polar surface area (TPSA) is 110 Å². The normalized spacial score (nSPS) is 9.75. The minimum atomic E-state index is -0.471. The van der Waals surface area contributed by atoms with E-state index in [1.165, 1.54) is 12.4 Å². The van der Waals surface area contributed by atoms with Crippen LogP contribution in [0, 0.1) is 0 Å². The number of rotatable bonds is 2. The van der Waals surface area contributed by atoms with E-state index in [1.807, 2.05) is 0 Å². The van der Waals surface area contributed by atoms with Gasteiger partial charge < -0.3 is 0 Å². The molecule has 0 bridgehead atoms. The van der Waals surface area contributed by atoms with Crippen LogP contribution in [0.1, 0.15) is 19.3 Å². The first-order valence-electron chi connectivity index (χ1n) is 3.93. The third-order valence-corrected chi connectivity index (χ3v) is 2.79. The Morgan fingerprint density at radius 3 is 1.69 bits per heavy atom. The summed E-state index contributed by atoms with van der Waals surface area (Å²) in [6, 6.07) is 0. The summed E-state index contributed by atoms with van der Waals surface area (Å²) in [5, 5.41) is 6.99. The number of hydrogen-bond donors (Lipinski definition) is 2. The zero-order chi connectivity index (χ0) is 11.4. The summed E-state index contributed by atoms with van der Waals surface area (Å²) in [5.41, 5.74) is 4.43. The van der Waals surface area contributed by atoms with Crippen LogP contribution in [0.4, 0.5) is 0 Å². The van der Waals surface area contributed by atoms with Crippen molar-refractivity contribution in [3.8, 4) is 0 Å². The van der Waals surface area contributed by atoms with Gasteiger partial charge in [-0.2, -0.15) is 0 Å². The molecule has 2 amide bonds. The summed E-state index contributed by atoms with van der Waals surface area (Å²) >= 11 is 1.87. The number of amides is 2. The van der Waals surface area contributed by atoms with Gasteiger partial charge in [0.2, 0.25) is 0 Å². The summed E-state index contributed by atoms with van der Waals surface area (Å²) in [6.45, 7) is 0. The molecule has 0 spiro atoms. The number of nitrogens with zero attached hydrogens (tertiary/aromatic N) is 4. The largest absolute Gasteiger partial charge is 0.283 e. The predicted molar refractivity (Wildman–Crippen MR) is 54.8 cm³/mol. The molecule has 0 aliphatic heterocycles. The van der Waals surface area contributed by atoms with Gasteiger partial charge in [-0.1, -0.05) is 8.98 Å². The molecule has 0 radical (unpaired) electrons. The highest BCUT2D eigenvalue weighted by atomic mass is 32.1. The number of carbonyl (C=O) groups excluding carboxylic acids is 2. The smallest absolute Gasteiger partial charge is 0.266 e. The third kappa shape index (κ3) is 2.35. The van der Waals surface area contributed by atoms with Crippen LogP contribution in [0.5, 0.6) is 0 Å². The first kappa shape index (κ1) is 10.6. The number of nitrogens with one attached hydrogen (secondary N) is 2. The summed E-state index contributed by atoms with van der Waals surface area (Å²) in [5.74, 6) is -0.943. The summed E-state index contributed by atoms with van der Waals surface area (Å²) in [6.07, 6.45) is 2.61. The van der Waals surface area contributed by atoms with E-state index in [4.69, 9.17) is 0 Å². The Bertz CT molecular complexity index is 435. The average molecular weight is 256 g/mol. The fraction of sp³-hybridized carbons (Fsp3) is 0. The molecule has 0 aliphatic carbocycles. The zero-order valence-electron chi connectivity index (χ0n) is 7.58. The molecule has 0 fully saturated rings. The molecule has 2 aromatic rings. The molecule has 0 saturated carbocycles. The lowest BCUT2D eigenvalue weighted by molar-refractivity contribution is 0.0851. The number of hydrogen-bond acceptors (Lipinski definition) is 8. The predicted octanol–water partition coefficient (Wildman–Crippen LogP) is -0.536. The first-order valence-corrected chi connectivity index (χ1v) is 5.47. The van der Waals surface area contributed by atoms with E-state index >= 15 is 0 Å². The van der Waals surface area contributed by atoms with Gasteiger partial charge in [0.15, 0.2) is 0 Å². The van der Waals surface area contributed by atoms with Crippen molar-refractivity contribution in [3.05, 3.63) is 22.1 Å². The highest BCUT2D eigenvalue weighted by Crippen LogP contribution is 2.02. The molecule has 0 unspecified atom stereocenters. The van der Waals surface area contributed by atoms with Gasteiger partial charge in [-0.3, -0.25) is 20.4 Å². The second-order valence-corrected chi connectivity index (χ2v) is 4.04. The van der Waals surface area contributed by atoms with Gasteiger partial charge >= 0.3 is 0 Å². The van der Waals surface area contributed by atoms with Crippen LogP contribution in [-0.2, 0) is 0 Å². The molecule has 2 N–H and O–H groups in total. The van der Waals surface area contributed by atoms with Crippen LogP contribution < -0.4 is 10.9 Å². The van der Waals surface area contributed by atoms with Crippen LogP contribution in [0.15, 0.2) is 12.4 Å². The maximum Gasteiger partial charge on any atom is 0.283 e. The number of hydrazine groups is 1. The maximum atomic E-state index is 11.4. The van der Waals surface area contributed by atoms with Crippen molar-refractivity contribution < 1.29 is 9.59 Å². The lowest BCUT2D eigenvalue weighted by Crippen LogP contribution is -2.41. The molecule has 2 heterocycles. The van der Waals surface area contributed by atoms with Gasteiger partial charge in [0.1, 0.15) is 9.75 Å². The Balaban J connectivity index is 1.89. The summed E-state index contributed by atoms with van der Waals surface area (Å²) < 4.78 is 7.04. The molecular weight excluding hydrogens is 252 g/mol. The SMILES string of the molecule is O=C(NNC(=O)c1cnns1)c1cnns1. The Morgan fingerprint density at radius 2 is 1.38 bits per heavy atom. The Morgan fingerprint density at radius 1 is 0.938 bits per heavy atom. The molecule has 8 nitrogen and oxygen atoms in total. The van der Waals surface area contributed by atoms with Crippen LogP contribution in [0.3, 0.4) is 0 Å². The minimum Gasteiger partial charge on any atom is -0.266 e. The van der Waals surface area contributed by atoms with E-state index in [0.717, 1.165) is 23.1 Å². The Hall–Kier alpha value is -1.94. The van der Waals surface area contributed by atoms with E-state index < -0.39 is 11.8 Å². The Labute approximate surface area is 97.0 Å². The fourth-order valence-corrected chi connectivity index (χ4v) is 1.59. The van der Waals surface area contributed by atoms with Crippen molar-refractivity contribution in [1.29, 1.82) is 0 Å². The maximum absolute atomic E-state index is 11.4. The molecule has 2 rings (SSSR count). The van der Waals surface area contributed by atoms with Crippen LogP contribution >= 0.6 is 23.1 Å². The Kier molecular flexibility index (Phi) is 3.12. The van der Waals surface area contributed by atoms with E-state index in [1.54, 1.807) is 0 Å². The lowest BCUT2D eigenvalue weighted by atomic mass is 10.5. The molecule has 10 heteroatoms. The lowest BCUT2D eigenvalue weighted by Gasteiger charge is -2.02. The van der Waals surface area contributed by atoms with Crippen LogP contribution in [0.25, 0.3) is 0 Å². The zero-order valence-corrected chi connectivity index (χ0v) is 9.21. The molecule has 16 heavy (non-hydrogen) atoms. The van der Waals surface area contributed by atoms with E-state index in [0.29, 0.717) is 9.75 Å². The molecule has 2 aromatic heterocycles. The quantitative estimate of drug-likeness (QED) is 0.698. The van der Waals surface area contributed by atoms with Gasteiger partial charge in [0.05, 0.1) is 12.4 Å². The van der Waals surface area contributed by atoms with Crippen molar-refractivity contribution in [1.82, 2.24) is 30.0 Å². The van der Waals surface area contributed by atoms with Crippen molar-refractivity contribution in [2.75, 3.05) is 0 Å². The standard InChI is InChI=1S/C6H4N6O2S2/c13-5(3-1-7-11-15-3)9-10-6(14)4-2-8-12-16-4/h1-2H,(H,9,13)(H,10,14). The second-order valence-electron chi connectivity index (χ2n) is 2.47. The van der Waals surface area contributed by atoms with Gasteiger partial charge in [-0.25, -0.2) is 0 Å². The first-order chi connectivity index (χ1) is 7.77. The van der Waals surface area contributed by atoms with Gasteiger partial charge in [-0.05, 0) is 23.1 Å². The third-order valence-electron chi connectivity index (χ3n) is 1.46. The van der Waals surface area contributed by atoms with Crippen LogP contribution in [-0.4, -0.2) is 31.0 Å². The fourth-order valence-electron chi connectivity index (χ4n) is 0.771. The molecule has 0 aromatic carbocycles. The average Bonchev–Trinajstić information content (AvgIpc) is 2.95. The minimum absolute atomic E-state index is 0.308. The van der Waals surface area contributed by atoms with Crippen molar-refractivity contribution in [3.63, 3.8) is 0 Å². The van der Waals surface area contributed by atoms with Crippen molar-refractivity contribution in [2.45, 2.75) is 0 Å². The summed E-state index contributed by atoms with van der Waals surface area (Å²) in [4.78, 5) is 23.3. The molecule has 0 aliphatic rings. The molecular formula is C6H4N6O2S2. The highest BCUT2D eigenvalue weighted by molar-refractivity contribution is 7.08. The molecule has 0 atom stereocenters. The van der Waals surface area contributed by atoms with Crippen LogP contribution in [0.2, 0.25) is 0 Å². The van der Waals surface area contributed by atoms with E-state index in [9.17, 15) is 9.59 Å². The summed E-state index contributed by atoms with van der Waals surface area (Å²) in [7, 11) is 0. The van der Waals surface area contributed by atoms with Gasteiger partial charge in [0, 0.05) is 0 Å². The number of carbonyl (C=O) groups is 2. The highest BCUT2D eigenvalue weighted by Gasteiger charge is 2.11. The number of aromatic nitrogens is 4. The second kappa shape index (κ2) is 4.72. The molecule has 82 valence electrons. The molecule has 0 saturated heterocycles. The van der Waals surface area contributed by atoms with Gasteiger partial charge in [-0.15, -0.1) is 10.2 Å². The monoisotopic (exact) mass is 256 g/mol.